The van der Waals surface area contributed by atoms with Gasteiger partial charge in [-0.1, -0.05) is 29.8 Å². The summed E-state index contributed by atoms with van der Waals surface area (Å²) in [7, 11) is 0. The van der Waals surface area contributed by atoms with Gasteiger partial charge in [-0.3, -0.25) is 0 Å². The quantitative estimate of drug-likeness (QED) is 0.851. The average Bonchev–Trinajstić information content (AvgIpc) is 2.40. The minimum absolute atomic E-state index is 0.0789. The number of benzene rings is 2. The monoisotopic (exact) mass is 289 g/mol. The van der Waals surface area contributed by atoms with Gasteiger partial charge in [-0.05, 0) is 56.2 Å². The number of hydrogen-bond acceptors (Lipinski definition) is 2. The fourth-order valence-corrected chi connectivity index (χ4v) is 2.17. The number of hydrogen-bond donors (Lipinski definition) is 1. The molecular weight excluding hydrogens is 270 g/mol. The van der Waals surface area contributed by atoms with Crippen molar-refractivity contribution < 1.29 is 4.74 Å². The van der Waals surface area contributed by atoms with Crippen LogP contribution in [-0.2, 0) is 0 Å². The number of nitrogens with one attached hydrogen (secondary N) is 1. The van der Waals surface area contributed by atoms with Crippen molar-refractivity contribution in [3.8, 4) is 5.75 Å². The van der Waals surface area contributed by atoms with Crippen molar-refractivity contribution in [2.75, 3.05) is 11.9 Å². The Hall–Kier alpha value is -1.67. The maximum atomic E-state index is 6.01. The highest BCUT2D eigenvalue weighted by Crippen LogP contribution is 2.20. The van der Waals surface area contributed by atoms with Gasteiger partial charge in [0.2, 0.25) is 0 Å². The van der Waals surface area contributed by atoms with Crippen molar-refractivity contribution in [1.29, 1.82) is 0 Å². The zero-order valence-electron chi connectivity index (χ0n) is 12.1. The highest BCUT2D eigenvalue weighted by atomic mass is 35.5. The van der Waals surface area contributed by atoms with E-state index in [2.05, 4.69) is 32.2 Å². The molecule has 0 radical (unpaired) electrons. The van der Waals surface area contributed by atoms with E-state index in [9.17, 15) is 0 Å². The van der Waals surface area contributed by atoms with E-state index in [0.717, 1.165) is 23.0 Å². The lowest BCUT2D eigenvalue weighted by Gasteiger charge is -2.17. The smallest absolute Gasteiger partial charge is 0.120 e. The highest BCUT2D eigenvalue weighted by molar-refractivity contribution is 6.30. The molecule has 20 heavy (non-hydrogen) atoms. The van der Waals surface area contributed by atoms with Crippen LogP contribution in [0.3, 0.4) is 0 Å². The van der Waals surface area contributed by atoms with Gasteiger partial charge >= 0.3 is 0 Å². The predicted octanol–water partition coefficient (Wildman–Crippen LogP) is 4.84. The van der Waals surface area contributed by atoms with Crippen molar-refractivity contribution in [3.63, 3.8) is 0 Å². The molecule has 0 amide bonds. The Bertz CT molecular complexity index is 583. The Kier molecular flexibility index (Phi) is 4.91. The zero-order valence-corrected chi connectivity index (χ0v) is 12.9. The van der Waals surface area contributed by atoms with Gasteiger partial charge in [-0.2, -0.15) is 0 Å². The first-order chi connectivity index (χ1) is 9.54. The summed E-state index contributed by atoms with van der Waals surface area (Å²) < 4.78 is 5.89. The van der Waals surface area contributed by atoms with E-state index in [1.54, 1.807) is 0 Å². The van der Waals surface area contributed by atoms with Crippen LogP contribution < -0.4 is 10.1 Å². The molecule has 106 valence electrons. The molecule has 1 N–H and O–H groups in total. The number of rotatable bonds is 5. The maximum absolute atomic E-state index is 6.01. The normalized spacial score (nSPS) is 12.0. The summed E-state index contributed by atoms with van der Waals surface area (Å²) in [6, 6.07) is 13.9. The van der Waals surface area contributed by atoms with Gasteiger partial charge in [-0.15, -0.1) is 0 Å². The van der Waals surface area contributed by atoms with Crippen molar-refractivity contribution in [2.24, 2.45) is 0 Å². The van der Waals surface area contributed by atoms with Crippen molar-refractivity contribution in [1.82, 2.24) is 0 Å². The molecule has 0 saturated carbocycles. The number of ether oxygens (including phenoxy) is 1. The zero-order chi connectivity index (χ0) is 14.5. The van der Waals surface area contributed by atoms with Gasteiger partial charge in [-0.25, -0.2) is 0 Å². The van der Waals surface area contributed by atoms with Crippen LogP contribution in [0.5, 0.6) is 5.75 Å². The average molecular weight is 290 g/mol. The molecule has 1 atom stereocenters. The Morgan fingerprint density at radius 3 is 2.70 bits per heavy atom. The minimum atomic E-state index is 0.0789. The first-order valence-corrected chi connectivity index (χ1v) is 7.16. The molecule has 0 aliphatic carbocycles. The van der Waals surface area contributed by atoms with Gasteiger partial charge in [0, 0.05) is 10.7 Å². The van der Waals surface area contributed by atoms with Gasteiger partial charge in [0.1, 0.15) is 11.9 Å². The van der Waals surface area contributed by atoms with Crippen LogP contribution in [0.15, 0.2) is 42.5 Å². The molecule has 0 spiro atoms. The molecule has 0 bridgehead atoms. The molecule has 0 unspecified atom stereocenters. The maximum Gasteiger partial charge on any atom is 0.120 e. The van der Waals surface area contributed by atoms with Crippen LogP contribution in [0.2, 0.25) is 5.02 Å². The molecule has 2 aromatic rings. The summed E-state index contributed by atoms with van der Waals surface area (Å²) in [6.07, 6.45) is 0.0789. The number of anilines is 1. The summed E-state index contributed by atoms with van der Waals surface area (Å²) in [5.74, 6) is 0.905. The third-order valence-corrected chi connectivity index (χ3v) is 3.34. The van der Waals surface area contributed by atoms with Crippen LogP contribution in [0.1, 0.15) is 18.1 Å². The Morgan fingerprint density at radius 1 is 1.15 bits per heavy atom. The Morgan fingerprint density at radius 2 is 1.95 bits per heavy atom. The number of halogens is 1. The summed E-state index contributed by atoms with van der Waals surface area (Å²) >= 11 is 6.01. The molecule has 2 rings (SSSR count). The van der Waals surface area contributed by atoms with Gasteiger partial charge in [0.25, 0.3) is 0 Å². The second kappa shape index (κ2) is 6.67. The highest BCUT2D eigenvalue weighted by Gasteiger charge is 2.06. The van der Waals surface area contributed by atoms with Gasteiger partial charge in [0.15, 0.2) is 0 Å². The molecule has 0 saturated heterocycles. The van der Waals surface area contributed by atoms with Crippen LogP contribution in [0.25, 0.3) is 0 Å². The molecule has 0 heterocycles. The van der Waals surface area contributed by atoms with Gasteiger partial charge in [0.05, 0.1) is 6.54 Å². The van der Waals surface area contributed by atoms with Crippen LogP contribution in [0, 0.1) is 13.8 Å². The van der Waals surface area contributed by atoms with Crippen LogP contribution in [0.4, 0.5) is 5.69 Å². The predicted molar refractivity (Wildman–Crippen MR) is 85.9 cm³/mol. The van der Waals surface area contributed by atoms with Crippen LogP contribution in [-0.4, -0.2) is 12.6 Å². The molecule has 3 heteroatoms. The lowest BCUT2D eigenvalue weighted by molar-refractivity contribution is 0.234. The SMILES string of the molecule is Cc1cccc(O[C@@H](C)CNc2cc(Cl)ccc2C)c1. The molecule has 2 aromatic carbocycles. The van der Waals surface area contributed by atoms with E-state index in [0.29, 0.717) is 0 Å². The lowest BCUT2D eigenvalue weighted by Crippen LogP contribution is -2.23. The van der Waals surface area contributed by atoms with Crippen molar-refractivity contribution in [2.45, 2.75) is 26.9 Å². The van der Waals surface area contributed by atoms with E-state index in [4.69, 9.17) is 16.3 Å². The van der Waals surface area contributed by atoms with Gasteiger partial charge < -0.3 is 10.1 Å². The Balaban J connectivity index is 1.92. The van der Waals surface area contributed by atoms with Crippen molar-refractivity contribution >= 4 is 17.3 Å². The van der Waals surface area contributed by atoms with Crippen molar-refractivity contribution in [3.05, 3.63) is 58.6 Å². The first kappa shape index (κ1) is 14.7. The summed E-state index contributed by atoms with van der Waals surface area (Å²) in [5.41, 5.74) is 3.43. The Labute approximate surface area is 125 Å². The third kappa shape index (κ3) is 4.17. The second-order valence-corrected chi connectivity index (χ2v) is 5.52. The molecule has 2 nitrogen and oxygen atoms in total. The van der Waals surface area contributed by atoms with E-state index in [-0.39, 0.29) is 6.10 Å². The molecule has 0 aromatic heterocycles. The van der Waals surface area contributed by atoms with E-state index in [1.165, 1.54) is 11.1 Å². The van der Waals surface area contributed by atoms with Crippen LogP contribution >= 0.6 is 11.6 Å². The molecule has 0 aliphatic heterocycles. The molecule has 0 fully saturated rings. The molecular formula is C17H20ClNO. The third-order valence-electron chi connectivity index (χ3n) is 3.11. The molecule has 0 aliphatic rings. The summed E-state index contributed by atoms with van der Waals surface area (Å²) in [4.78, 5) is 0. The topological polar surface area (TPSA) is 21.3 Å². The fraction of sp³-hybridized carbons (Fsp3) is 0.294. The number of aryl methyl sites for hydroxylation is 2. The second-order valence-electron chi connectivity index (χ2n) is 5.09. The largest absolute Gasteiger partial charge is 0.489 e. The van der Waals surface area contributed by atoms with E-state index in [1.807, 2.05) is 36.4 Å². The summed E-state index contributed by atoms with van der Waals surface area (Å²) in [6.45, 7) is 6.90. The van der Waals surface area contributed by atoms with E-state index >= 15 is 0 Å². The lowest BCUT2D eigenvalue weighted by atomic mass is 10.2. The standard InChI is InChI=1S/C17H20ClNO/c1-12-5-4-6-16(9-12)20-14(3)11-19-17-10-15(18)8-7-13(17)2/h4-10,14,19H,11H2,1-3H3/t14-/m0/s1. The van der Waals surface area contributed by atoms with E-state index < -0.39 is 0 Å². The fourth-order valence-electron chi connectivity index (χ4n) is 2.00. The first-order valence-electron chi connectivity index (χ1n) is 6.78. The summed E-state index contributed by atoms with van der Waals surface area (Å²) in [5, 5.41) is 4.12. The minimum Gasteiger partial charge on any atom is -0.489 e.